The molecule has 2 amide bonds. The number of pyridine rings is 1. The van der Waals surface area contributed by atoms with Gasteiger partial charge in [-0.2, -0.15) is 13.2 Å². The van der Waals surface area contributed by atoms with Gasteiger partial charge in [0, 0.05) is 18.5 Å². The molecule has 3 aromatic heterocycles. The van der Waals surface area contributed by atoms with Crippen molar-refractivity contribution in [3.8, 4) is 11.5 Å². The minimum absolute atomic E-state index is 0.0328. The molecule has 3 rings (SSSR count). The Bertz CT molecular complexity index is 1030. The van der Waals surface area contributed by atoms with Gasteiger partial charge in [0.05, 0.1) is 22.9 Å². The highest BCUT2D eigenvalue weighted by Crippen LogP contribution is 2.30. The molecule has 0 aliphatic carbocycles. The highest BCUT2D eigenvalue weighted by atomic mass is 32.2. The van der Waals surface area contributed by atoms with E-state index in [1.165, 1.54) is 24.3 Å². The maximum atomic E-state index is 12.5. The first-order valence-electron chi connectivity index (χ1n) is 8.45. The molecule has 3 heterocycles. The number of thioether (sulfide) groups is 1. The third kappa shape index (κ3) is 6.07. The van der Waals surface area contributed by atoms with Gasteiger partial charge in [0.2, 0.25) is 11.8 Å². The zero-order valence-electron chi connectivity index (χ0n) is 15.4. The fraction of sp³-hybridized carbons (Fsp3) is 0.222. The normalized spacial score (nSPS) is 11.3. The van der Waals surface area contributed by atoms with E-state index in [1.807, 2.05) is 0 Å². The van der Waals surface area contributed by atoms with Crippen molar-refractivity contribution in [1.82, 2.24) is 15.3 Å². The van der Waals surface area contributed by atoms with E-state index in [-0.39, 0.29) is 24.1 Å². The Kier molecular flexibility index (Phi) is 6.77. The van der Waals surface area contributed by atoms with Crippen LogP contribution in [0.4, 0.5) is 18.3 Å². The Morgan fingerprint density at radius 1 is 1.23 bits per heavy atom. The minimum atomic E-state index is -4.45. The van der Waals surface area contributed by atoms with Crippen LogP contribution < -0.4 is 10.6 Å². The van der Waals surface area contributed by atoms with Crippen LogP contribution in [0.15, 0.2) is 45.3 Å². The van der Waals surface area contributed by atoms with Gasteiger partial charge >= 0.3 is 6.18 Å². The minimum Gasteiger partial charge on any atom is -0.458 e. The van der Waals surface area contributed by atoms with Crippen molar-refractivity contribution in [3.05, 3.63) is 47.2 Å². The van der Waals surface area contributed by atoms with Crippen LogP contribution >= 0.6 is 23.1 Å². The molecule has 0 aliphatic heterocycles. The van der Waals surface area contributed by atoms with E-state index in [0.29, 0.717) is 27.4 Å². The van der Waals surface area contributed by atoms with Crippen LogP contribution in [0.5, 0.6) is 0 Å². The quantitative estimate of drug-likeness (QED) is 0.518. The number of halogens is 3. The summed E-state index contributed by atoms with van der Waals surface area (Å²) in [6.07, 6.45) is -3.72. The van der Waals surface area contributed by atoms with Crippen molar-refractivity contribution in [2.24, 2.45) is 0 Å². The molecule has 0 aromatic carbocycles. The maximum Gasteiger partial charge on any atom is 0.417 e. The molecule has 2 N–H and O–H groups in total. The number of hydrogen-bond donors (Lipinski definition) is 2. The molecule has 12 heteroatoms. The van der Waals surface area contributed by atoms with Crippen molar-refractivity contribution >= 4 is 40.0 Å². The molecule has 0 unspecified atom stereocenters. The summed E-state index contributed by atoms with van der Waals surface area (Å²) in [5, 5.41) is 7.62. The van der Waals surface area contributed by atoms with Gasteiger partial charge in [-0.25, -0.2) is 9.97 Å². The number of carbonyl (C=O) groups excluding carboxylic acids is 2. The SMILES string of the molecule is CC(=O)NCc1ccc(-c2csc(NC(=O)CSc3ccc(C(F)(F)F)cn3)n2)o1. The van der Waals surface area contributed by atoms with Gasteiger partial charge in [0.15, 0.2) is 10.9 Å². The molecule has 0 radical (unpaired) electrons. The largest absolute Gasteiger partial charge is 0.458 e. The number of carbonyl (C=O) groups is 2. The molecular formula is C18H15F3N4O3S2. The van der Waals surface area contributed by atoms with E-state index in [4.69, 9.17) is 4.42 Å². The van der Waals surface area contributed by atoms with E-state index in [9.17, 15) is 22.8 Å². The van der Waals surface area contributed by atoms with Crippen molar-refractivity contribution in [2.45, 2.75) is 24.7 Å². The summed E-state index contributed by atoms with van der Waals surface area (Å²) in [7, 11) is 0. The van der Waals surface area contributed by atoms with Crippen molar-refractivity contribution in [3.63, 3.8) is 0 Å². The fourth-order valence-electron chi connectivity index (χ4n) is 2.19. The van der Waals surface area contributed by atoms with E-state index in [0.717, 1.165) is 24.0 Å². The van der Waals surface area contributed by atoms with Crippen molar-refractivity contribution in [1.29, 1.82) is 0 Å². The third-order valence-corrected chi connectivity index (χ3v) is 5.29. The molecule has 0 saturated carbocycles. The first kappa shape index (κ1) is 21.8. The number of anilines is 1. The predicted octanol–water partition coefficient (Wildman–Crippen LogP) is 4.18. The van der Waals surface area contributed by atoms with Crippen molar-refractivity contribution < 1.29 is 27.2 Å². The van der Waals surface area contributed by atoms with E-state index >= 15 is 0 Å². The summed E-state index contributed by atoms with van der Waals surface area (Å²) in [6, 6.07) is 5.57. The predicted molar refractivity (Wildman–Crippen MR) is 106 cm³/mol. The number of hydrogen-bond acceptors (Lipinski definition) is 7. The Labute approximate surface area is 177 Å². The van der Waals surface area contributed by atoms with Gasteiger partial charge < -0.3 is 15.1 Å². The second-order valence-electron chi connectivity index (χ2n) is 5.93. The van der Waals surface area contributed by atoms with Gasteiger partial charge in [-0.3, -0.25) is 9.59 Å². The number of nitrogens with zero attached hydrogens (tertiary/aromatic N) is 2. The summed E-state index contributed by atoms with van der Waals surface area (Å²) in [5.74, 6) is 0.494. The van der Waals surface area contributed by atoms with E-state index in [2.05, 4.69) is 20.6 Å². The molecule has 30 heavy (non-hydrogen) atoms. The highest BCUT2D eigenvalue weighted by molar-refractivity contribution is 7.99. The van der Waals surface area contributed by atoms with Crippen LogP contribution in [0, 0.1) is 0 Å². The molecule has 0 atom stereocenters. The number of nitrogens with one attached hydrogen (secondary N) is 2. The van der Waals surface area contributed by atoms with E-state index < -0.39 is 11.7 Å². The monoisotopic (exact) mass is 456 g/mol. The summed E-state index contributed by atoms with van der Waals surface area (Å²) in [5.41, 5.74) is -0.314. The van der Waals surface area contributed by atoms with Gasteiger partial charge in [-0.15, -0.1) is 11.3 Å². The highest BCUT2D eigenvalue weighted by Gasteiger charge is 2.30. The second kappa shape index (κ2) is 9.30. The summed E-state index contributed by atoms with van der Waals surface area (Å²) in [6.45, 7) is 1.67. The zero-order valence-corrected chi connectivity index (χ0v) is 17.1. The first-order chi connectivity index (χ1) is 14.2. The van der Waals surface area contributed by atoms with Crippen LogP contribution in [0.25, 0.3) is 11.5 Å². The Hall–Kier alpha value is -2.86. The van der Waals surface area contributed by atoms with Crippen LogP contribution in [-0.4, -0.2) is 27.5 Å². The first-order valence-corrected chi connectivity index (χ1v) is 10.3. The van der Waals surface area contributed by atoms with Crippen LogP contribution in [-0.2, 0) is 22.3 Å². The van der Waals surface area contributed by atoms with Crippen LogP contribution in [0.1, 0.15) is 18.2 Å². The smallest absolute Gasteiger partial charge is 0.417 e. The lowest BCUT2D eigenvalue weighted by molar-refractivity contribution is -0.137. The lowest BCUT2D eigenvalue weighted by Crippen LogP contribution is -2.18. The van der Waals surface area contributed by atoms with Crippen LogP contribution in [0.3, 0.4) is 0 Å². The fourth-order valence-corrected chi connectivity index (χ4v) is 3.55. The third-order valence-electron chi connectivity index (χ3n) is 3.59. The molecule has 3 aromatic rings. The standard InChI is InChI=1S/C18H15F3N4O3S2/c1-10(26)22-7-12-3-4-14(28-12)13-8-30-17(24-13)25-15(27)9-29-16-5-2-11(6-23-16)18(19,20)21/h2-6,8H,7,9H2,1H3,(H,22,26)(H,24,25,27). The van der Waals surface area contributed by atoms with Gasteiger partial charge in [-0.1, -0.05) is 11.8 Å². The molecular weight excluding hydrogens is 441 g/mol. The molecule has 0 bridgehead atoms. The number of furan rings is 1. The molecule has 0 aliphatic rings. The lowest BCUT2D eigenvalue weighted by atomic mass is 10.3. The summed E-state index contributed by atoms with van der Waals surface area (Å²) >= 11 is 2.22. The molecule has 0 saturated heterocycles. The Morgan fingerprint density at radius 3 is 2.70 bits per heavy atom. The number of amides is 2. The lowest BCUT2D eigenvalue weighted by Gasteiger charge is -2.06. The van der Waals surface area contributed by atoms with E-state index in [1.54, 1.807) is 17.5 Å². The summed E-state index contributed by atoms with van der Waals surface area (Å²) in [4.78, 5) is 31.0. The summed E-state index contributed by atoms with van der Waals surface area (Å²) < 4.78 is 43.2. The molecule has 0 spiro atoms. The molecule has 7 nitrogen and oxygen atoms in total. The topological polar surface area (TPSA) is 97.1 Å². The number of alkyl halides is 3. The van der Waals surface area contributed by atoms with Gasteiger partial charge in [-0.05, 0) is 24.3 Å². The van der Waals surface area contributed by atoms with Gasteiger partial charge in [0.25, 0.3) is 0 Å². The Morgan fingerprint density at radius 2 is 2.03 bits per heavy atom. The van der Waals surface area contributed by atoms with Crippen LogP contribution in [0.2, 0.25) is 0 Å². The van der Waals surface area contributed by atoms with Gasteiger partial charge in [0.1, 0.15) is 11.5 Å². The number of rotatable bonds is 7. The number of aromatic nitrogens is 2. The van der Waals surface area contributed by atoms with Crippen molar-refractivity contribution in [2.75, 3.05) is 11.1 Å². The average Bonchev–Trinajstić information content (AvgIpc) is 3.33. The molecule has 0 fully saturated rings. The zero-order chi connectivity index (χ0) is 21.7. The number of thiazole rings is 1. The molecule has 158 valence electrons. The maximum absolute atomic E-state index is 12.5. The Balaban J connectivity index is 1.52. The average molecular weight is 456 g/mol. The second-order valence-corrected chi connectivity index (χ2v) is 7.79.